The van der Waals surface area contributed by atoms with Crippen molar-refractivity contribution in [3.05, 3.63) is 72.1 Å². The summed E-state index contributed by atoms with van der Waals surface area (Å²) in [7, 11) is 0. The van der Waals surface area contributed by atoms with Gasteiger partial charge in [0.2, 0.25) is 0 Å². The van der Waals surface area contributed by atoms with Crippen LogP contribution in [0.4, 0.5) is 0 Å². The van der Waals surface area contributed by atoms with Crippen molar-refractivity contribution in [2.75, 3.05) is 19.8 Å². The Morgan fingerprint density at radius 3 is 2.68 bits per heavy atom. The Kier molecular flexibility index (Phi) is 4.24. The van der Waals surface area contributed by atoms with E-state index in [-0.39, 0.29) is 11.9 Å². The molecule has 6 nitrogen and oxygen atoms in total. The Balaban J connectivity index is 1.40. The third-order valence-electron chi connectivity index (χ3n) is 5.29. The van der Waals surface area contributed by atoms with Crippen LogP contribution in [0.15, 0.2) is 60.8 Å². The van der Waals surface area contributed by atoms with Crippen LogP contribution in [-0.2, 0) is 0 Å². The molecule has 1 aromatic heterocycles. The van der Waals surface area contributed by atoms with Gasteiger partial charge in [-0.05, 0) is 48.7 Å². The number of nitrogens with zero attached hydrogens (tertiary/aromatic N) is 3. The highest BCUT2D eigenvalue weighted by atomic mass is 16.6. The van der Waals surface area contributed by atoms with E-state index in [9.17, 15) is 4.79 Å². The first-order valence-electron chi connectivity index (χ1n) is 9.61. The number of hydrogen-bond donors (Lipinski definition) is 0. The summed E-state index contributed by atoms with van der Waals surface area (Å²) in [6, 6.07) is 17.6. The van der Waals surface area contributed by atoms with E-state index >= 15 is 0 Å². The van der Waals surface area contributed by atoms with Crippen LogP contribution in [0.3, 0.4) is 0 Å². The van der Waals surface area contributed by atoms with Gasteiger partial charge in [0.1, 0.15) is 13.2 Å². The summed E-state index contributed by atoms with van der Waals surface area (Å²) in [5, 5.41) is 4.50. The van der Waals surface area contributed by atoms with E-state index < -0.39 is 0 Å². The molecule has 0 saturated carbocycles. The number of hydrogen-bond acceptors (Lipinski definition) is 4. The Labute approximate surface area is 163 Å². The minimum Gasteiger partial charge on any atom is -0.486 e. The fourth-order valence-electron chi connectivity index (χ4n) is 3.93. The predicted octanol–water partition coefficient (Wildman–Crippen LogP) is 3.62. The van der Waals surface area contributed by atoms with E-state index in [0.717, 1.165) is 42.1 Å². The third-order valence-corrected chi connectivity index (χ3v) is 5.29. The van der Waals surface area contributed by atoms with Crippen molar-refractivity contribution in [2.45, 2.75) is 18.9 Å². The van der Waals surface area contributed by atoms with Crippen molar-refractivity contribution in [1.29, 1.82) is 0 Å². The fraction of sp³-hybridized carbons (Fsp3) is 0.273. The fourth-order valence-corrected chi connectivity index (χ4v) is 3.93. The molecule has 1 amide bonds. The van der Waals surface area contributed by atoms with Crippen LogP contribution < -0.4 is 9.47 Å². The Morgan fingerprint density at radius 1 is 1.00 bits per heavy atom. The lowest BCUT2D eigenvalue weighted by molar-refractivity contribution is 0.0728. The zero-order chi connectivity index (χ0) is 18.9. The molecule has 3 aromatic rings. The van der Waals surface area contributed by atoms with Crippen molar-refractivity contribution in [2.24, 2.45) is 0 Å². The van der Waals surface area contributed by atoms with Gasteiger partial charge in [-0.15, -0.1) is 0 Å². The van der Waals surface area contributed by atoms with Gasteiger partial charge in [-0.2, -0.15) is 5.10 Å². The average Bonchev–Trinajstić information content (AvgIpc) is 3.44. The van der Waals surface area contributed by atoms with Crippen LogP contribution >= 0.6 is 0 Å². The van der Waals surface area contributed by atoms with Gasteiger partial charge in [0, 0.05) is 12.7 Å². The molecule has 2 aliphatic heterocycles. The van der Waals surface area contributed by atoms with Crippen molar-refractivity contribution in [3.63, 3.8) is 0 Å². The summed E-state index contributed by atoms with van der Waals surface area (Å²) >= 11 is 0. The summed E-state index contributed by atoms with van der Waals surface area (Å²) in [5.74, 6) is 1.50. The minimum absolute atomic E-state index is 0.0326. The number of carbonyl (C=O) groups excluding carboxylic acids is 1. The number of para-hydroxylation sites is 1. The highest BCUT2D eigenvalue weighted by Crippen LogP contribution is 2.38. The maximum Gasteiger partial charge on any atom is 0.274 e. The molecule has 2 aliphatic rings. The molecule has 5 rings (SSSR count). The number of amides is 1. The first-order valence-corrected chi connectivity index (χ1v) is 9.61. The molecule has 0 radical (unpaired) electrons. The second-order valence-corrected chi connectivity index (χ2v) is 7.04. The van der Waals surface area contributed by atoms with E-state index in [1.165, 1.54) is 0 Å². The van der Waals surface area contributed by atoms with Crippen molar-refractivity contribution in [3.8, 4) is 17.2 Å². The standard InChI is InChI=1S/C22H21N3O3/c26-22(18-10-12-25(23-18)17-5-2-1-3-6-17)24-11-4-7-19(24)16-8-9-20-21(15-16)28-14-13-27-20/h1-3,5-6,8-10,12,15,19H,4,7,11,13-14H2. The highest BCUT2D eigenvalue weighted by Gasteiger charge is 2.32. The van der Waals surface area contributed by atoms with Crippen LogP contribution in [-0.4, -0.2) is 40.3 Å². The lowest BCUT2D eigenvalue weighted by Crippen LogP contribution is -2.31. The molecule has 28 heavy (non-hydrogen) atoms. The van der Waals surface area contributed by atoms with Crippen LogP contribution in [0.5, 0.6) is 11.5 Å². The molecule has 142 valence electrons. The van der Waals surface area contributed by atoms with Gasteiger partial charge in [-0.1, -0.05) is 24.3 Å². The largest absolute Gasteiger partial charge is 0.486 e. The Bertz CT molecular complexity index is 999. The van der Waals surface area contributed by atoms with Crippen molar-refractivity contribution in [1.82, 2.24) is 14.7 Å². The molecule has 3 heterocycles. The molecule has 6 heteroatoms. The van der Waals surface area contributed by atoms with E-state index in [4.69, 9.17) is 9.47 Å². The van der Waals surface area contributed by atoms with Crippen LogP contribution in [0.1, 0.15) is 34.9 Å². The molecule has 1 fully saturated rings. The first-order chi connectivity index (χ1) is 13.8. The maximum absolute atomic E-state index is 13.2. The molecule has 0 bridgehead atoms. The van der Waals surface area contributed by atoms with Crippen LogP contribution in [0.2, 0.25) is 0 Å². The number of rotatable bonds is 3. The Morgan fingerprint density at radius 2 is 1.82 bits per heavy atom. The molecule has 1 unspecified atom stereocenters. The lowest BCUT2D eigenvalue weighted by atomic mass is 10.0. The second kappa shape index (κ2) is 7.03. The van der Waals surface area contributed by atoms with E-state index in [0.29, 0.717) is 18.9 Å². The molecule has 0 aliphatic carbocycles. The summed E-state index contributed by atoms with van der Waals surface area (Å²) in [5.41, 5.74) is 2.48. The quantitative estimate of drug-likeness (QED) is 0.702. The molecule has 0 spiro atoms. The van der Waals surface area contributed by atoms with Gasteiger partial charge in [-0.3, -0.25) is 4.79 Å². The molecule has 2 aromatic carbocycles. The zero-order valence-corrected chi connectivity index (χ0v) is 15.5. The third kappa shape index (κ3) is 3.01. The van der Waals surface area contributed by atoms with Crippen LogP contribution in [0.25, 0.3) is 5.69 Å². The summed E-state index contributed by atoms with van der Waals surface area (Å²) in [6.45, 7) is 1.86. The second-order valence-electron chi connectivity index (χ2n) is 7.04. The van der Waals surface area contributed by atoms with Gasteiger partial charge in [0.05, 0.1) is 11.7 Å². The number of likely N-dealkylation sites (tertiary alicyclic amines) is 1. The molecule has 1 saturated heterocycles. The van der Waals surface area contributed by atoms with Gasteiger partial charge in [0.25, 0.3) is 5.91 Å². The van der Waals surface area contributed by atoms with Gasteiger partial charge in [-0.25, -0.2) is 4.68 Å². The summed E-state index contributed by atoms with van der Waals surface area (Å²) < 4.78 is 13.1. The normalized spacial score (nSPS) is 18.3. The number of carbonyl (C=O) groups is 1. The predicted molar refractivity (Wildman–Crippen MR) is 104 cm³/mol. The van der Waals surface area contributed by atoms with E-state index in [1.807, 2.05) is 59.6 Å². The minimum atomic E-state index is -0.0351. The van der Waals surface area contributed by atoms with Gasteiger partial charge in [0.15, 0.2) is 17.2 Å². The highest BCUT2D eigenvalue weighted by molar-refractivity contribution is 5.92. The monoisotopic (exact) mass is 375 g/mol. The number of benzene rings is 2. The van der Waals surface area contributed by atoms with Crippen molar-refractivity contribution < 1.29 is 14.3 Å². The Hall–Kier alpha value is -3.28. The number of ether oxygens (including phenoxy) is 2. The molecule has 1 atom stereocenters. The maximum atomic E-state index is 13.2. The molecular formula is C22H21N3O3. The van der Waals surface area contributed by atoms with Crippen molar-refractivity contribution >= 4 is 5.91 Å². The first kappa shape index (κ1) is 16.9. The van der Waals surface area contributed by atoms with E-state index in [2.05, 4.69) is 5.10 Å². The average molecular weight is 375 g/mol. The lowest BCUT2D eigenvalue weighted by Gasteiger charge is -2.26. The SMILES string of the molecule is O=C(c1ccn(-c2ccccc2)n1)N1CCCC1c1ccc2c(c1)OCCO2. The van der Waals surface area contributed by atoms with Gasteiger partial charge < -0.3 is 14.4 Å². The van der Waals surface area contributed by atoms with E-state index in [1.54, 1.807) is 10.7 Å². The number of aromatic nitrogens is 2. The van der Waals surface area contributed by atoms with Gasteiger partial charge >= 0.3 is 0 Å². The summed E-state index contributed by atoms with van der Waals surface area (Å²) in [4.78, 5) is 15.1. The van der Waals surface area contributed by atoms with Crippen LogP contribution in [0, 0.1) is 0 Å². The number of fused-ring (bicyclic) bond motifs is 1. The molecule has 0 N–H and O–H groups in total. The molecular weight excluding hydrogens is 354 g/mol. The zero-order valence-electron chi connectivity index (χ0n) is 15.5. The summed E-state index contributed by atoms with van der Waals surface area (Å²) in [6.07, 6.45) is 3.74. The smallest absolute Gasteiger partial charge is 0.274 e. The topological polar surface area (TPSA) is 56.6 Å².